The van der Waals surface area contributed by atoms with Crippen LogP contribution in [0.5, 0.6) is 0 Å². The fourth-order valence-corrected chi connectivity index (χ4v) is 1.96. The minimum absolute atomic E-state index is 0.0317. The SMILES string of the molecule is C=CCOCC(O)C[N+](C)(C)NC(=O)C(=O)c1ccccc1. The first-order valence-electron chi connectivity index (χ1n) is 6.97. The molecule has 0 spiro atoms. The summed E-state index contributed by atoms with van der Waals surface area (Å²) in [6.45, 7) is 4.21. The number of rotatable bonds is 9. The number of amides is 1. The Hall–Kier alpha value is -2.02. The Morgan fingerprint density at radius 3 is 2.59 bits per heavy atom. The number of ketones is 1. The molecular formula is C16H23N2O4+. The highest BCUT2D eigenvalue weighted by atomic mass is 16.5. The Morgan fingerprint density at radius 1 is 1.36 bits per heavy atom. The molecule has 22 heavy (non-hydrogen) atoms. The van der Waals surface area contributed by atoms with Gasteiger partial charge in [-0.3, -0.25) is 9.59 Å². The van der Waals surface area contributed by atoms with Crippen LogP contribution in [0.3, 0.4) is 0 Å². The van der Waals surface area contributed by atoms with E-state index in [0.29, 0.717) is 12.2 Å². The standard InChI is InChI=1S/C16H22N2O4/c1-4-10-22-12-14(19)11-18(2,3)17-16(21)15(20)13-8-6-5-7-9-13/h4-9,14,19H,1,10-12H2,2-3H3/p+1. The lowest BCUT2D eigenvalue weighted by molar-refractivity contribution is -0.927. The molecule has 0 aliphatic rings. The van der Waals surface area contributed by atoms with E-state index in [-0.39, 0.29) is 17.7 Å². The van der Waals surface area contributed by atoms with Crippen molar-refractivity contribution in [2.75, 3.05) is 33.9 Å². The molecule has 0 bridgehead atoms. The molecule has 120 valence electrons. The van der Waals surface area contributed by atoms with Crippen LogP contribution < -0.4 is 5.43 Å². The number of hydrogen-bond acceptors (Lipinski definition) is 4. The summed E-state index contributed by atoms with van der Waals surface area (Å²) in [7, 11) is 3.37. The summed E-state index contributed by atoms with van der Waals surface area (Å²) in [4.78, 5) is 24.0. The van der Waals surface area contributed by atoms with Gasteiger partial charge in [0, 0.05) is 5.56 Å². The molecule has 6 heteroatoms. The van der Waals surface area contributed by atoms with Crippen molar-refractivity contribution in [3.63, 3.8) is 0 Å². The maximum Gasteiger partial charge on any atom is 0.336 e. The fraction of sp³-hybridized carbons (Fsp3) is 0.375. The summed E-state index contributed by atoms with van der Waals surface area (Å²) in [6.07, 6.45) is 0.828. The second-order valence-corrected chi connectivity index (χ2v) is 5.48. The number of carbonyl (C=O) groups excluding carboxylic acids is 2. The Morgan fingerprint density at radius 2 is 2.00 bits per heavy atom. The van der Waals surface area contributed by atoms with Crippen molar-refractivity contribution in [3.8, 4) is 0 Å². The minimum Gasteiger partial charge on any atom is -0.385 e. The van der Waals surface area contributed by atoms with Crippen molar-refractivity contribution in [1.82, 2.24) is 5.43 Å². The molecule has 0 radical (unpaired) electrons. The molecule has 0 saturated carbocycles. The van der Waals surface area contributed by atoms with Crippen molar-refractivity contribution in [1.29, 1.82) is 0 Å². The number of aliphatic hydroxyl groups excluding tert-OH is 1. The van der Waals surface area contributed by atoms with Crippen LogP contribution in [-0.4, -0.2) is 61.3 Å². The molecule has 0 heterocycles. The van der Waals surface area contributed by atoms with Gasteiger partial charge >= 0.3 is 5.91 Å². The third-order valence-corrected chi connectivity index (χ3v) is 2.86. The molecule has 0 aliphatic heterocycles. The van der Waals surface area contributed by atoms with Crippen LogP contribution in [-0.2, 0) is 9.53 Å². The van der Waals surface area contributed by atoms with Gasteiger partial charge in [0.05, 0.1) is 27.3 Å². The van der Waals surface area contributed by atoms with Gasteiger partial charge in [0.1, 0.15) is 12.6 Å². The second-order valence-electron chi connectivity index (χ2n) is 5.48. The van der Waals surface area contributed by atoms with E-state index < -0.39 is 17.8 Å². The van der Waals surface area contributed by atoms with Crippen LogP contribution >= 0.6 is 0 Å². The smallest absolute Gasteiger partial charge is 0.336 e. The first-order chi connectivity index (χ1) is 10.4. The molecule has 6 nitrogen and oxygen atoms in total. The zero-order valence-corrected chi connectivity index (χ0v) is 13.0. The maximum atomic E-state index is 12.0. The number of nitrogens with one attached hydrogen (secondary N) is 1. The third-order valence-electron chi connectivity index (χ3n) is 2.86. The van der Waals surface area contributed by atoms with E-state index in [1.165, 1.54) is 0 Å². The molecule has 1 aromatic carbocycles. The number of quaternary nitrogens is 1. The van der Waals surface area contributed by atoms with Gasteiger partial charge in [-0.15, -0.1) is 6.58 Å². The van der Waals surface area contributed by atoms with Gasteiger partial charge in [0.2, 0.25) is 0 Å². The topological polar surface area (TPSA) is 75.6 Å². The molecule has 1 amide bonds. The Balaban J connectivity index is 2.54. The number of carbonyl (C=O) groups is 2. The normalized spacial score (nSPS) is 12.5. The summed E-state index contributed by atoms with van der Waals surface area (Å²) in [5, 5.41) is 9.87. The maximum absolute atomic E-state index is 12.0. The number of ether oxygens (including phenoxy) is 1. The van der Waals surface area contributed by atoms with E-state index in [1.54, 1.807) is 50.5 Å². The Kier molecular flexibility index (Phi) is 6.91. The summed E-state index contributed by atoms with van der Waals surface area (Å²) < 4.78 is 5.12. The van der Waals surface area contributed by atoms with E-state index in [0.717, 1.165) is 0 Å². The van der Waals surface area contributed by atoms with Crippen LogP contribution in [0, 0.1) is 0 Å². The lowest BCUT2D eigenvalue weighted by Crippen LogP contribution is -2.59. The fourth-order valence-electron chi connectivity index (χ4n) is 1.96. The van der Waals surface area contributed by atoms with Gasteiger partial charge in [-0.1, -0.05) is 36.4 Å². The number of nitrogens with zero attached hydrogens (tertiary/aromatic N) is 1. The number of likely N-dealkylation sites (N-methyl/N-ethyl adjacent to an activating group) is 1. The molecule has 1 unspecified atom stereocenters. The summed E-state index contributed by atoms with van der Waals surface area (Å²) in [5.74, 6) is -1.32. The number of benzene rings is 1. The number of aliphatic hydroxyl groups is 1. The van der Waals surface area contributed by atoms with Crippen LogP contribution in [0.1, 0.15) is 10.4 Å². The van der Waals surface area contributed by atoms with Gasteiger partial charge in [0.25, 0.3) is 5.78 Å². The van der Waals surface area contributed by atoms with Crippen LogP contribution in [0.4, 0.5) is 0 Å². The first-order valence-corrected chi connectivity index (χ1v) is 6.97. The molecule has 0 fully saturated rings. The number of hydrogen-bond donors (Lipinski definition) is 2. The van der Waals surface area contributed by atoms with Crippen LogP contribution in [0.15, 0.2) is 43.0 Å². The van der Waals surface area contributed by atoms with Gasteiger partial charge in [0.15, 0.2) is 0 Å². The van der Waals surface area contributed by atoms with E-state index in [2.05, 4.69) is 12.0 Å². The molecule has 2 N–H and O–H groups in total. The molecule has 1 atom stereocenters. The molecule has 0 saturated heterocycles. The van der Waals surface area contributed by atoms with Gasteiger partial charge in [-0.2, -0.15) is 5.43 Å². The lowest BCUT2D eigenvalue weighted by Gasteiger charge is -2.30. The predicted molar refractivity (Wildman–Crippen MR) is 82.9 cm³/mol. The van der Waals surface area contributed by atoms with E-state index in [9.17, 15) is 14.7 Å². The zero-order valence-electron chi connectivity index (χ0n) is 13.0. The van der Waals surface area contributed by atoms with Crippen molar-refractivity contribution in [3.05, 3.63) is 48.6 Å². The van der Waals surface area contributed by atoms with Gasteiger partial charge < -0.3 is 9.84 Å². The van der Waals surface area contributed by atoms with Gasteiger partial charge in [-0.05, 0) is 0 Å². The quantitative estimate of drug-likeness (QED) is 0.174. The van der Waals surface area contributed by atoms with E-state index in [1.807, 2.05) is 0 Å². The second kappa shape index (κ2) is 8.43. The van der Waals surface area contributed by atoms with Gasteiger partial charge in [-0.25, -0.2) is 4.59 Å². The highest BCUT2D eigenvalue weighted by Crippen LogP contribution is 2.02. The average molecular weight is 307 g/mol. The minimum atomic E-state index is -0.762. The summed E-state index contributed by atoms with van der Waals surface area (Å²) in [6, 6.07) is 8.33. The summed E-state index contributed by atoms with van der Waals surface area (Å²) >= 11 is 0. The van der Waals surface area contributed by atoms with E-state index in [4.69, 9.17) is 4.74 Å². The van der Waals surface area contributed by atoms with Crippen molar-refractivity contribution in [2.45, 2.75) is 6.10 Å². The highest BCUT2D eigenvalue weighted by molar-refractivity contribution is 6.42. The van der Waals surface area contributed by atoms with Crippen molar-refractivity contribution >= 4 is 11.7 Å². The average Bonchev–Trinajstić information content (AvgIpc) is 2.46. The van der Waals surface area contributed by atoms with Crippen molar-refractivity contribution in [2.24, 2.45) is 0 Å². The third kappa shape index (κ3) is 6.17. The first kappa shape index (κ1) is 18.0. The van der Waals surface area contributed by atoms with Crippen LogP contribution in [0.2, 0.25) is 0 Å². The van der Waals surface area contributed by atoms with Crippen molar-refractivity contribution < 1.29 is 24.0 Å². The van der Waals surface area contributed by atoms with Crippen LogP contribution in [0.25, 0.3) is 0 Å². The Bertz CT molecular complexity index is 514. The zero-order chi connectivity index (χ0) is 16.6. The number of Topliss-reactive ketones (excluding diaryl/α,β-unsaturated/α-hetero) is 1. The molecule has 1 rings (SSSR count). The molecule has 0 aliphatic carbocycles. The largest absolute Gasteiger partial charge is 0.385 e. The lowest BCUT2D eigenvalue weighted by atomic mass is 10.1. The predicted octanol–water partition coefficient (Wildman–Crippen LogP) is 0.540. The molecular weight excluding hydrogens is 284 g/mol. The summed E-state index contributed by atoms with van der Waals surface area (Å²) in [5.41, 5.74) is 2.92. The Labute approximate surface area is 130 Å². The highest BCUT2D eigenvalue weighted by Gasteiger charge is 2.27. The van der Waals surface area contributed by atoms with E-state index >= 15 is 0 Å². The monoisotopic (exact) mass is 307 g/mol. The molecule has 0 aromatic heterocycles. The molecule has 1 aromatic rings.